The van der Waals surface area contributed by atoms with Gasteiger partial charge < -0.3 is 15.8 Å². The zero-order valence-electron chi connectivity index (χ0n) is 10.8. The molecule has 0 heterocycles. The Morgan fingerprint density at radius 3 is 2.76 bits per heavy atom. The van der Waals surface area contributed by atoms with Crippen LogP contribution < -0.4 is 15.8 Å². The Bertz CT molecular complexity index is 386. The summed E-state index contributed by atoms with van der Waals surface area (Å²) in [5.41, 5.74) is 8.68. The summed E-state index contributed by atoms with van der Waals surface area (Å²) in [5.74, 6) is 0.980. The van der Waals surface area contributed by atoms with Gasteiger partial charge in [0.1, 0.15) is 5.75 Å². The molecule has 0 spiro atoms. The second-order valence-corrected chi connectivity index (χ2v) is 4.97. The van der Waals surface area contributed by atoms with E-state index < -0.39 is 0 Å². The molecule has 0 unspecified atom stereocenters. The fourth-order valence-corrected chi connectivity index (χ4v) is 2.01. The highest BCUT2D eigenvalue weighted by molar-refractivity contribution is 5.37. The van der Waals surface area contributed by atoms with E-state index in [0.717, 1.165) is 38.1 Å². The van der Waals surface area contributed by atoms with Crippen LogP contribution in [0.15, 0.2) is 18.2 Å². The number of rotatable bonds is 6. The Balaban J connectivity index is 1.91. The maximum atomic E-state index is 6.03. The van der Waals surface area contributed by atoms with Crippen molar-refractivity contribution in [2.75, 3.05) is 13.7 Å². The summed E-state index contributed by atoms with van der Waals surface area (Å²) in [4.78, 5) is 0. The molecule has 1 aliphatic carbocycles. The van der Waals surface area contributed by atoms with Crippen LogP contribution in [0.25, 0.3) is 0 Å². The zero-order chi connectivity index (χ0) is 12.3. The Morgan fingerprint density at radius 1 is 1.41 bits per heavy atom. The van der Waals surface area contributed by atoms with E-state index in [1.165, 1.54) is 11.1 Å². The predicted octanol–water partition coefficient (Wildman–Crippen LogP) is 1.84. The molecule has 17 heavy (non-hydrogen) atoms. The van der Waals surface area contributed by atoms with Crippen molar-refractivity contribution in [1.29, 1.82) is 0 Å². The van der Waals surface area contributed by atoms with Crippen molar-refractivity contribution in [2.24, 2.45) is 5.73 Å². The number of hydrogen-bond donors (Lipinski definition) is 2. The van der Waals surface area contributed by atoms with Crippen molar-refractivity contribution in [3.05, 3.63) is 29.3 Å². The van der Waals surface area contributed by atoms with E-state index >= 15 is 0 Å². The first kappa shape index (κ1) is 12.4. The Morgan fingerprint density at radius 2 is 2.18 bits per heavy atom. The van der Waals surface area contributed by atoms with Crippen LogP contribution in [-0.2, 0) is 13.0 Å². The van der Waals surface area contributed by atoms with Gasteiger partial charge in [0.2, 0.25) is 0 Å². The molecule has 1 aromatic rings. The minimum Gasteiger partial charge on any atom is -0.496 e. The summed E-state index contributed by atoms with van der Waals surface area (Å²) in [6, 6.07) is 6.37. The van der Waals surface area contributed by atoms with Gasteiger partial charge in [-0.1, -0.05) is 19.1 Å². The average molecular weight is 234 g/mol. The number of methoxy groups -OCH3 is 1. The summed E-state index contributed by atoms with van der Waals surface area (Å²) in [5, 5.41) is 3.43. The van der Waals surface area contributed by atoms with E-state index in [2.05, 4.69) is 24.4 Å². The number of aryl methyl sites for hydroxylation is 1. The van der Waals surface area contributed by atoms with Gasteiger partial charge in [0.05, 0.1) is 7.11 Å². The van der Waals surface area contributed by atoms with Gasteiger partial charge in [0, 0.05) is 18.6 Å². The lowest BCUT2D eigenvalue weighted by molar-refractivity contribution is 0.410. The van der Waals surface area contributed by atoms with Gasteiger partial charge in [0.15, 0.2) is 0 Å². The molecule has 0 aromatic heterocycles. The van der Waals surface area contributed by atoms with Crippen LogP contribution in [-0.4, -0.2) is 19.2 Å². The third kappa shape index (κ3) is 3.20. The zero-order valence-corrected chi connectivity index (χ0v) is 10.8. The van der Waals surface area contributed by atoms with Crippen LogP contribution in [0, 0.1) is 0 Å². The van der Waals surface area contributed by atoms with E-state index in [9.17, 15) is 0 Å². The molecule has 0 amide bonds. The van der Waals surface area contributed by atoms with Crippen LogP contribution in [0.5, 0.6) is 5.75 Å². The third-order valence-corrected chi connectivity index (χ3v) is 3.42. The van der Waals surface area contributed by atoms with Gasteiger partial charge in [-0.05, 0) is 36.5 Å². The summed E-state index contributed by atoms with van der Waals surface area (Å²) < 4.78 is 5.32. The number of nitrogens with one attached hydrogen (secondary N) is 1. The molecule has 1 aromatic carbocycles. The third-order valence-electron chi connectivity index (χ3n) is 3.42. The largest absolute Gasteiger partial charge is 0.496 e. The number of benzene rings is 1. The van der Waals surface area contributed by atoms with Gasteiger partial charge >= 0.3 is 0 Å². The Kier molecular flexibility index (Phi) is 3.69. The average Bonchev–Trinajstić information content (AvgIpc) is 3.07. The van der Waals surface area contributed by atoms with Crippen LogP contribution in [0.1, 0.15) is 30.9 Å². The summed E-state index contributed by atoms with van der Waals surface area (Å²) in [6.45, 7) is 3.95. The van der Waals surface area contributed by atoms with E-state index in [1.807, 2.05) is 6.07 Å². The van der Waals surface area contributed by atoms with E-state index in [0.29, 0.717) is 0 Å². The number of hydrogen-bond acceptors (Lipinski definition) is 3. The van der Waals surface area contributed by atoms with Crippen LogP contribution in [0.2, 0.25) is 0 Å². The molecule has 0 saturated heterocycles. The number of nitrogens with two attached hydrogens (primary N) is 1. The molecule has 2 rings (SSSR count). The Hall–Kier alpha value is -1.06. The quantitative estimate of drug-likeness (QED) is 0.789. The topological polar surface area (TPSA) is 47.3 Å². The molecule has 1 saturated carbocycles. The van der Waals surface area contributed by atoms with Crippen LogP contribution in [0.3, 0.4) is 0 Å². The molecule has 0 atom stereocenters. The maximum absolute atomic E-state index is 6.03. The van der Waals surface area contributed by atoms with Gasteiger partial charge in [-0.25, -0.2) is 0 Å². The summed E-state index contributed by atoms with van der Waals surface area (Å²) >= 11 is 0. The molecule has 0 aliphatic heterocycles. The van der Waals surface area contributed by atoms with Gasteiger partial charge in [-0.3, -0.25) is 0 Å². The first-order chi connectivity index (χ1) is 8.17. The first-order valence-corrected chi connectivity index (χ1v) is 6.32. The fourth-order valence-electron chi connectivity index (χ4n) is 2.01. The lowest BCUT2D eigenvalue weighted by Crippen LogP contribution is -2.35. The molecular weight excluding hydrogens is 212 g/mol. The van der Waals surface area contributed by atoms with E-state index in [-0.39, 0.29) is 5.54 Å². The van der Waals surface area contributed by atoms with Crippen molar-refractivity contribution in [1.82, 2.24) is 5.32 Å². The summed E-state index contributed by atoms with van der Waals surface area (Å²) in [7, 11) is 1.72. The van der Waals surface area contributed by atoms with Crippen molar-refractivity contribution in [2.45, 2.75) is 38.3 Å². The van der Waals surface area contributed by atoms with E-state index in [4.69, 9.17) is 10.5 Å². The summed E-state index contributed by atoms with van der Waals surface area (Å²) in [6.07, 6.45) is 3.31. The van der Waals surface area contributed by atoms with Crippen molar-refractivity contribution >= 4 is 0 Å². The molecule has 3 heteroatoms. The SMILES string of the molecule is CCc1cc(CNCC2(N)CC2)ccc1OC. The van der Waals surface area contributed by atoms with Crippen molar-refractivity contribution < 1.29 is 4.74 Å². The van der Waals surface area contributed by atoms with Crippen LogP contribution in [0.4, 0.5) is 0 Å². The molecule has 3 nitrogen and oxygen atoms in total. The molecule has 1 fully saturated rings. The first-order valence-electron chi connectivity index (χ1n) is 6.32. The Labute approximate surface area is 103 Å². The lowest BCUT2D eigenvalue weighted by atomic mass is 10.1. The molecule has 94 valence electrons. The predicted molar refractivity (Wildman–Crippen MR) is 70.2 cm³/mol. The highest BCUT2D eigenvalue weighted by atomic mass is 16.5. The van der Waals surface area contributed by atoms with E-state index in [1.54, 1.807) is 7.11 Å². The molecule has 3 N–H and O–H groups in total. The molecule has 0 bridgehead atoms. The fraction of sp³-hybridized carbons (Fsp3) is 0.571. The minimum absolute atomic E-state index is 0.0834. The second kappa shape index (κ2) is 5.07. The maximum Gasteiger partial charge on any atom is 0.122 e. The van der Waals surface area contributed by atoms with Gasteiger partial charge in [-0.2, -0.15) is 0 Å². The highest BCUT2D eigenvalue weighted by Gasteiger charge is 2.37. The molecule has 1 aliphatic rings. The molecular formula is C14H22N2O. The van der Waals surface area contributed by atoms with Gasteiger partial charge in [0.25, 0.3) is 0 Å². The van der Waals surface area contributed by atoms with Crippen molar-refractivity contribution in [3.63, 3.8) is 0 Å². The molecule has 0 radical (unpaired) electrons. The van der Waals surface area contributed by atoms with Crippen molar-refractivity contribution in [3.8, 4) is 5.75 Å². The standard InChI is InChI=1S/C14H22N2O/c1-3-12-8-11(4-5-13(12)17-2)9-16-10-14(15)6-7-14/h4-5,8,16H,3,6-7,9-10,15H2,1-2H3. The lowest BCUT2D eigenvalue weighted by Gasteiger charge is -2.12. The highest BCUT2D eigenvalue weighted by Crippen LogP contribution is 2.31. The van der Waals surface area contributed by atoms with Gasteiger partial charge in [-0.15, -0.1) is 0 Å². The monoisotopic (exact) mass is 234 g/mol. The number of ether oxygens (including phenoxy) is 1. The minimum atomic E-state index is 0.0834. The normalized spacial score (nSPS) is 16.9. The second-order valence-electron chi connectivity index (χ2n) is 4.97. The smallest absolute Gasteiger partial charge is 0.122 e. The van der Waals surface area contributed by atoms with Crippen LogP contribution >= 0.6 is 0 Å².